The number of aromatic nitrogens is 1. The molecule has 3 nitrogen and oxygen atoms in total. The summed E-state index contributed by atoms with van der Waals surface area (Å²) in [5.74, 6) is -1.05. The van der Waals surface area contributed by atoms with Gasteiger partial charge in [0, 0.05) is 25.1 Å². The van der Waals surface area contributed by atoms with Crippen molar-refractivity contribution in [2.45, 2.75) is 26.2 Å². The third-order valence-electron chi connectivity index (χ3n) is 3.14. The number of fused-ring (bicyclic) bond motifs is 1. The summed E-state index contributed by atoms with van der Waals surface area (Å²) in [5, 5.41) is 9.49. The molecule has 0 aliphatic carbocycles. The molecular formula is C14H16FNO2. The molecule has 1 aromatic heterocycles. The highest BCUT2D eigenvalue weighted by molar-refractivity contribution is 5.85. The van der Waals surface area contributed by atoms with E-state index in [0.717, 1.165) is 16.5 Å². The van der Waals surface area contributed by atoms with Crippen molar-refractivity contribution in [2.24, 2.45) is 7.05 Å². The normalized spacial score (nSPS) is 11.1. The van der Waals surface area contributed by atoms with Crippen LogP contribution in [0.4, 0.5) is 4.39 Å². The van der Waals surface area contributed by atoms with E-state index >= 15 is 0 Å². The van der Waals surface area contributed by atoms with Gasteiger partial charge in [-0.25, -0.2) is 4.39 Å². The van der Waals surface area contributed by atoms with Crippen molar-refractivity contribution in [3.63, 3.8) is 0 Å². The summed E-state index contributed by atoms with van der Waals surface area (Å²) in [4.78, 5) is 10.4. The predicted molar refractivity (Wildman–Crippen MR) is 68.2 cm³/mol. The number of carboxylic acids is 1. The molecule has 1 N–H and O–H groups in total. The maximum atomic E-state index is 14.0. The van der Waals surface area contributed by atoms with Crippen LogP contribution in [0.1, 0.15) is 24.0 Å². The Balaban J connectivity index is 2.31. The van der Waals surface area contributed by atoms with Crippen molar-refractivity contribution in [1.82, 2.24) is 4.57 Å². The van der Waals surface area contributed by atoms with Crippen LogP contribution in [0.3, 0.4) is 0 Å². The van der Waals surface area contributed by atoms with Gasteiger partial charge in [0.2, 0.25) is 0 Å². The van der Waals surface area contributed by atoms with Crippen LogP contribution in [0.2, 0.25) is 0 Å². The van der Waals surface area contributed by atoms with Crippen LogP contribution >= 0.6 is 0 Å². The summed E-state index contributed by atoms with van der Waals surface area (Å²) in [7, 11) is 1.82. The molecule has 0 radical (unpaired) electrons. The zero-order valence-corrected chi connectivity index (χ0v) is 10.5. The Bertz CT molecular complexity index is 601. The second kappa shape index (κ2) is 4.80. The fraction of sp³-hybridized carbons (Fsp3) is 0.357. The van der Waals surface area contributed by atoms with Crippen molar-refractivity contribution in [3.8, 4) is 0 Å². The first-order chi connectivity index (χ1) is 8.49. The molecule has 18 heavy (non-hydrogen) atoms. The van der Waals surface area contributed by atoms with E-state index in [1.807, 2.05) is 26.2 Å². The Morgan fingerprint density at radius 1 is 1.44 bits per heavy atom. The van der Waals surface area contributed by atoms with E-state index in [1.54, 1.807) is 4.57 Å². The largest absolute Gasteiger partial charge is 0.481 e. The van der Waals surface area contributed by atoms with Gasteiger partial charge < -0.3 is 9.67 Å². The molecule has 1 aromatic carbocycles. The lowest BCUT2D eigenvalue weighted by molar-refractivity contribution is -0.137. The lowest BCUT2D eigenvalue weighted by Gasteiger charge is -2.04. The van der Waals surface area contributed by atoms with Crippen LogP contribution in [0, 0.1) is 12.7 Å². The summed E-state index contributed by atoms with van der Waals surface area (Å²) in [5.41, 5.74) is 2.50. The maximum absolute atomic E-state index is 14.0. The minimum atomic E-state index is -0.813. The second-order valence-electron chi connectivity index (χ2n) is 4.64. The molecule has 0 amide bonds. The Hall–Kier alpha value is -1.84. The van der Waals surface area contributed by atoms with E-state index in [0.29, 0.717) is 18.4 Å². The quantitative estimate of drug-likeness (QED) is 0.905. The number of hydrogen-bond donors (Lipinski definition) is 1. The van der Waals surface area contributed by atoms with Crippen molar-refractivity contribution >= 4 is 16.9 Å². The van der Waals surface area contributed by atoms with Crippen molar-refractivity contribution in [2.75, 3.05) is 0 Å². The zero-order valence-electron chi connectivity index (χ0n) is 10.5. The molecule has 0 saturated carbocycles. The molecule has 2 aromatic rings. The molecule has 0 bridgehead atoms. The van der Waals surface area contributed by atoms with Gasteiger partial charge in [0.1, 0.15) is 5.82 Å². The van der Waals surface area contributed by atoms with Gasteiger partial charge in [-0.15, -0.1) is 0 Å². The number of aliphatic carboxylic acids is 1. The molecule has 0 aliphatic rings. The first-order valence-corrected chi connectivity index (χ1v) is 5.95. The van der Waals surface area contributed by atoms with E-state index in [1.165, 1.54) is 6.07 Å². The van der Waals surface area contributed by atoms with Gasteiger partial charge in [0.25, 0.3) is 0 Å². The summed E-state index contributed by atoms with van der Waals surface area (Å²) < 4.78 is 15.7. The average molecular weight is 249 g/mol. The summed E-state index contributed by atoms with van der Waals surface area (Å²) in [6.07, 6.45) is 3.14. The monoisotopic (exact) mass is 249 g/mol. The number of aryl methyl sites for hydroxylation is 3. The number of carboxylic acid groups (broad SMARTS) is 1. The lowest BCUT2D eigenvalue weighted by Crippen LogP contribution is -1.97. The lowest BCUT2D eigenvalue weighted by atomic mass is 10.0. The van der Waals surface area contributed by atoms with E-state index < -0.39 is 5.97 Å². The number of halogens is 1. The third kappa shape index (κ3) is 2.37. The van der Waals surface area contributed by atoms with E-state index in [2.05, 4.69) is 0 Å². The molecule has 4 heteroatoms. The van der Waals surface area contributed by atoms with Gasteiger partial charge >= 0.3 is 5.97 Å². The predicted octanol–water partition coefficient (Wildman–Crippen LogP) is 3.03. The Labute approximate surface area is 105 Å². The molecule has 1 heterocycles. The Kier molecular flexibility index (Phi) is 3.36. The smallest absolute Gasteiger partial charge is 0.303 e. The van der Waals surface area contributed by atoms with Crippen LogP contribution in [-0.2, 0) is 18.3 Å². The van der Waals surface area contributed by atoms with Gasteiger partial charge in [-0.05, 0) is 43.0 Å². The molecular weight excluding hydrogens is 233 g/mol. The first kappa shape index (κ1) is 12.6. The minimum Gasteiger partial charge on any atom is -0.481 e. The number of nitrogens with zero attached hydrogens (tertiary/aromatic N) is 1. The standard InChI is InChI=1S/C14H16FNO2/c1-9-8-16(2)14-11(9)6-10(7-12(14)15)4-3-5-13(17)18/h6-8H,3-5H2,1-2H3,(H,17,18). The number of benzene rings is 1. The zero-order chi connectivity index (χ0) is 13.3. The van der Waals surface area contributed by atoms with Crippen LogP contribution in [0.25, 0.3) is 10.9 Å². The van der Waals surface area contributed by atoms with Gasteiger partial charge in [-0.3, -0.25) is 4.79 Å². The van der Waals surface area contributed by atoms with Crippen LogP contribution in [0.5, 0.6) is 0 Å². The number of rotatable bonds is 4. The van der Waals surface area contributed by atoms with Gasteiger partial charge in [0.15, 0.2) is 0 Å². The van der Waals surface area contributed by atoms with Gasteiger partial charge in [0.05, 0.1) is 5.52 Å². The Morgan fingerprint density at radius 3 is 2.83 bits per heavy atom. The SMILES string of the molecule is Cc1cn(C)c2c(F)cc(CCCC(=O)O)cc12. The molecule has 0 saturated heterocycles. The van der Waals surface area contributed by atoms with Crippen LogP contribution in [0.15, 0.2) is 18.3 Å². The molecule has 0 unspecified atom stereocenters. The minimum absolute atomic E-state index is 0.118. The number of hydrogen-bond acceptors (Lipinski definition) is 1. The van der Waals surface area contributed by atoms with E-state index in [-0.39, 0.29) is 12.2 Å². The Morgan fingerprint density at radius 2 is 2.17 bits per heavy atom. The molecule has 0 aliphatic heterocycles. The fourth-order valence-electron chi connectivity index (χ4n) is 2.33. The van der Waals surface area contributed by atoms with Crippen molar-refractivity contribution < 1.29 is 14.3 Å². The average Bonchev–Trinajstić information content (AvgIpc) is 2.54. The summed E-state index contributed by atoms with van der Waals surface area (Å²) >= 11 is 0. The molecule has 0 fully saturated rings. The molecule has 0 atom stereocenters. The highest BCUT2D eigenvalue weighted by Gasteiger charge is 2.10. The van der Waals surface area contributed by atoms with Crippen LogP contribution in [-0.4, -0.2) is 15.6 Å². The van der Waals surface area contributed by atoms with E-state index in [9.17, 15) is 9.18 Å². The summed E-state index contributed by atoms with van der Waals surface area (Å²) in [6, 6.07) is 3.46. The van der Waals surface area contributed by atoms with Crippen LogP contribution < -0.4 is 0 Å². The van der Waals surface area contributed by atoms with Crippen molar-refractivity contribution in [3.05, 3.63) is 35.3 Å². The maximum Gasteiger partial charge on any atom is 0.303 e. The second-order valence-corrected chi connectivity index (χ2v) is 4.64. The molecule has 96 valence electrons. The first-order valence-electron chi connectivity index (χ1n) is 5.95. The summed E-state index contributed by atoms with van der Waals surface area (Å²) in [6.45, 7) is 1.95. The van der Waals surface area contributed by atoms with Gasteiger partial charge in [-0.1, -0.05) is 0 Å². The van der Waals surface area contributed by atoms with E-state index in [4.69, 9.17) is 5.11 Å². The third-order valence-corrected chi connectivity index (χ3v) is 3.14. The fourth-order valence-corrected chi connectivity index (χ4v) is 2.33. The molecule has 0 spiro atoms. The van der Waals surface area contributed by atoms with Gasteiger partial charge in [-0.2, -0.15) is 0 Å². The van der Waals surface area contributed by atoms with Crippen molar-refractivity contribution in [1.29, 1.82) is 0 Å². The topological polar surface area (TPSA) is 42.2 Å². The highest BCUT2D eigenvalue weighted by atomic mass is 19.1. The highest BCUT2D eigenvalue weighted by Crippen LogP contribution is 2.25. The number of carbonyl (C=O) groups is 1. The molecule has 2 rings (SSSR count).